The number of amides is 1. The molecule has 1 aliphatic rings. The molecule has 1 amide bonds. The van der Waals surface area contributed by atoms with Gasteiger partial charge in [0.15, 0.2) is 0 Å². The van der Waals surface area contributed by atoms with E-state index >= 15 is 0 Å². The third-order valence-electron chi connectivity index (χ3n) is 3.94. The molecule has 1 aromatic carbocycles. The summed E-state index contributed by atoms with van der Waals surface area (Å²) in [5.74, 6) is -0.112. The van der Waals surface area contributed by atoms with Gasteiger partial charge in [-0.05, 0) is 37.0 Å². The summed E-state index contributed by atoms with van der Waals surface area (Å²) in [4.78, 5) is 12.2. The number of aliphatic hydroxyl groups excluding tert-OH is 1. The van der Waals surface area contributed by atoms with Crippen molar-refractivity contribution in [1.82, 2.24) is 5.32 Å². The molecule has 0 spiro atoms. The highest BCUT2D eigenvalue weighted by Gasteiger charge is 2.26. The van der Waals surface area contributed by atoms with Crippen molar-refractivity contribution in [3.8, 4) is 0 Å². The van der Waals surface area contributed by atoms with Gasteiger partial charge in [0.2, 0.25) is 5.91 Å². The number of aliphatic hydroxyl groups is 1. The van der Waals surface area contributed by atoms with Crippen LogP contribution in [-0.2, 0) is 11.2 Å². The monoisotopic (exact) mass is 295 g/mol. The average molecular weight is 296 g/mol. The summed E-state index contributed by atoms with van der Waals surface area (Å²) in [6.45, 7) is 1.91. The van der Waals surface area contributed by atoms with Gasteiger partial charge in [0.05, 0.1) is 12.1 Å². The largest absolute Gasteiger partial charge is 0.391 e. The van der Waals surface area contributed by atoms with E-state index in [4.69, 9.17) is 11.6 Å². The molecule has 20 heavy (non-hydrogen) atoms. The van der Waals surface area contributed by atoms with Gasteiger partial charge in [-0.25, -0.2) is 0 Å². The smallest absolute Gasteiger partial charge is 0.223 e. The molecule has 3 unspecified atom stereocenters. The maximum Gasteiger partial charge on any atom is 0.223 e. The highest BCUT2D eigenvalue weighted by Crippen LogP contribution is 2.19. The zero-order chi connectivity index (χ0) is 14.5. The van der Waals surface area contributed by atoms with E-state index in [-0.39, 0.29) is 17.9 Å². The Morgan fingerprint density at radius 3 is 2.90 bits per heavy atom. The lowest BCUT2D eigenvalue weighted by atomic mass is 9.91. The van der Waals surface area contributed by atoms with E-state index in [1.165, 1.54) is 0 Å². The molecule has 1 fully saturated rings. The van der Waals surface area contributed by atoms with E-state index in [0.29, 0.717) is 11.4 Å². The van der Waals surface area contributed by atoms with Crippen LogP contribution in [0.15, 0.2) is 24.3 Å². The van der Waals surface area contributed by atoms with Crippen molar-refractivity contribution in [1.29, 1.82) is 0 Å². The number of benzene rings is 1. The fourth-order valence-electron chi connectivity index (χ4n) is 2.71. The first kappa shape index (κ1) is 15.3. The molecule has 2 rings (SSSR count). The van der Waals surface area contributed by atoms with Gasteiger partial charge in [-0.15, -0.1) is 0 Å². The molecular weight excluding hydrogens is 274 g/mol. The van der Waals surface area contributed by atoms with Crippen molar-refractivity contribution < 1.29 is 9.90 Å². The van der Waals surface area contributed by atoms with Crippen LogP contribution in [0.2, 0.25) is 5.02 Å². The number of nitrogens with one attached hydrogen (secondary N) is 1. The number of rotatable bonds is 4. The van der Waals surface area contributed by atoms with Crippen molar-refractivity contribution in [3.05, 3.63) is 34.9 Å². The second kappa shape index (κ2) is 7.09. The highest BCUT2D eigenvalue weighted by atomic mass is 35.5. The highest BCUT2D eigenvalue weighted by molar-refractivity contribution is 6.30. The minimum atomic E-state index is -0.397. The van der Waals surface area contributed by atoms with Gasteiger partial charge in [0, 0.05) is 10.9 Å². The third-order valence-corrected chi connectivity index (χ3v) is 4.17. The molecule has 1 saturated carbocycles. The van der Waals surface area contributed by atoms with Crippen LogP contribution in [0.5, 0.6) is 0 Å². The Morgan fingerprint density at radius 2 is 2.20 bits per heavy atom. The molecule has 0 heterocycles. The molecule has 0 bridgehead atoms. The maximum atomic E-state index is 12.2. The van der Waals surface area contributed by atoms with Crippen LogP contribution in [0, 0.1) is 5.92 Å². The maximum absolute atomic E-state index is 12.2. The van der Waals surface area contributed by atoms with Gasteiger partial charge in [0.1, 0.15) is 0 Å². The Kier molecular flexibility index (Phi) is 5.44. The number of hydrogen-bond acceptors (Lipinski definition) is 2. The minimum absolute atomic E-state index is 0.0101. The Hall–Kier alpha value is -1.06. The van der Waals surface area contributed by atoms with Gasteiger partial charge in [-0.1, -0.05) is 43.5 Å². The SMILES string of the molecule is CC(Cc1cccc(Cl)c1)C(=O)NC1CCCCC1O. The molecule has 3 atom stereocenters. The van der Waals surface area contributed by atoms with Gasteiger partial charge in [0.25, 0.3) is 0 Å². The zero-order valence-corrected chi connectivity index (χ0v) is 12.6. The van der Waals surface area contributed by atoms with Crippen molar-refractivity contribution in [2.24, 2.45) is 5.92 Å². The standard InChI is InChI=1S/C16H22ClNO2/c1-11(9-12-5-4-6-13(17)10-12)16(20)18-14-7-2-3-8-15(14)19/h4-6,10-11,14-15,19H,2-3,7-9H2,1H3,(H,18,20). The van der Waals surface area contributed by atoms with Crippen LogP contribution in [-0.4, -0.2) is 23.2 Å². The number of carbonyl (C=O) groups is 1. The number of hydrogen-bond donors (Lipinski definition) is 2. The van der Waals surface area contributed by atoms with Crippen molar-refractivity contribution in [2.75, 3.05) is 0 Å². The quantitative estimate of drug-likeness (QED) is 0.897. The Balaban J connectivity index is 1.88. The van der Waals surface area contributed by atoms with E-state index in [1.54, 1.807) is 0 Å². The van der Waals surface area contributed by atoms with E-state index in [2.05, 4.69) is 5.32 Å². The zero-order valence-electron chi connectivity index (χ0n) is 11.8. The normalized spacial score (nSPS) is 24.1. The molecule has 1 aliphatic carbocycles. The molecule has 4 heteroatoms. The first-order valence-corrected chi connectivity index (χ1v) is 7.67. The predicted octanol–water partition coefficient (Wildman–Crippen LogP) is 2.94. The molecule has 0 aromatic heterocycles. The number of carbonyl (C=O) groups excluding carboxylic acids is 1. The first-order valence-electron chi connectivity index (χ1n) is 7.29. The molecule has 3 nitrogen and oxygen atoms in total. The lowest BCUT2D eigenvalue weighted by Gasteiger charge is -2.29. The molecular formula is C16H22ClNO2. The van der Waals surface area contributed by atoms with Crippen LogP contribution in [0.4, 0.5) is 0 Å². The second-order valence-corrected chi connectivity index (χ2v) is 6.14. The van der Waals surface area contributed by atoms with Gasteiger partial charge in [-0.3, -0.25) is 4.79 Å². The summed E-state index contributed by atoms with van der Waals surface area (Å²) in [6, 6.07) is 7.51. The van der Waals surface area contributed by atoms with Crippen molar-refractivity contribution >= 4 is 17.5 Å². The molecule has 0 radical (unpaired) electrons. The van der Waals surface area contributed by atoms with Crippen LogP contribution >= 0.6 is 11.6 Å². The Labute approximate surface area is 125 Å². The Bertz CT molecular complexity index is 464. The molecule has 0 aliphatic heterocycles. The summed E-state index contributed by atoms with van der Waals surface area (Å²) in [7, 11) is 0. The van der Waals surface area contributed by atoms with Crippen molar-refractivity contribution in [2.45, 2.75) is 51.2 Å². The van der Waals surface area contributed by atoms with E-state index in [1.807, 2.05) is 31.2 Å². The predicted molar refractivity (Wildman–Crippen MR) is 80.7 cm³/mol. The van der Waals surface area contributed by atoms with E-state index in [0.717, 1.165) is 31.2 Å². The Morgan fingerprint density at radius 1 is 1.45 bits per heavy atom. The van der Waals surface area contributed by atoms with Gasteiger partial charge >= 0.3 is 0 Å². The molecule has 110 valence electrons. The van der Waals surface area contributed by atoms with Crippen LogP contribution in [0.3, 0.4) is 0 Å². The summed E-state index contributed by atoms with van der Waals surface area (Å²) >= 11 is 5.95. The molecule has 0 saturated heterocycles. The van der Waals surface area contributed by atoms with E-state index < -0.39 is 6.10 Å². The summed E-state index contributed by atoms with van der Waals surface area (Å²) in [6.07, 6.45) is 4.04. The fraction of sp³-hybridized carbons (Fsp3) is 0.562. The third kappa shape index (κ3) is 4.22. The number of halogens is 1. The van der Waals surface area contributed by atoms with Crippen LogP contribution in [0.1, 0.15) is 38.2 Å². The fourth-order valence-corrected chi connectivity index (χ4v) is 2.93. The van der Waals surface area contributed by atoms with Crippen LogP contribution in [0.25, 0.3) is 0 Å². The second-order valence-electron chi connectivity index (χ2n) is 5.70. The van der Waals surface area contributed by atoms with Crippen molar-refractivity contribution in [3.63, 3.8) is 0 Å². The lowest BCUT2D eigenvalue weighted by Crippen LogP contribution is -2.47. The summed E-state index contributed by atoms with van der Waals surface area (Å²) in [5, 5.41) is 13.6. The molecule has 2 N–H and O–H groups in total. The molecule has 1 aromatic rings. The minimum Gasteiger partial charge on any atom is -0.391 e. The summed E-state index contributed by atoms with van der Waals surface area (Å²) < 4.78 is 0. The van der Waals surface area contributed by atoms with Crippen LogP contribution < -0.4 is 5.32 Å². The van der Waals surface area contributed by atoms with E-state index in [9.17, 15) is 9.90 Å². The average Bonchev–Trinajstić information content (AvgIpc) is 2.41. The van der Waals surface area contributed by atoms with Gasteiger partial charge in [-0.2, -0.15) is 0 Å². The summed E-state index contributed by atoms with van der Waals surface area (Å²) in [5.41, 5.74) is 1.06. The first-order chi connectivity index (χ1) is 9.56. The van der Waals surface area contributed by atoms with Gasteiger partial charge < -0.3 is 10.4 Å². The topological polar surface area (TPSA) is 49.3 Å². The lowest BCUT2D eigenvalue weighted by molar-refractivity contribution is -0.126.